The Kier molecular flexibility index (Phi) is 4.30. The van der Waals surface area contributed by atoms with E-state index in [1.54, 1.807) is 6.07 Å². The highest BCUT2D eigenvalue weighted by Crippen LogP contribution is 2.21. The number of carbonyl (C=O) groups is 1. The van der Waals surface area contributed by atoms with Crippen LogP contribution in [0.1, 0.15) is 19.4 Å². The molecule has 1 unspecified atom stereocenters. The van der Waals surface area contributed by atoms with Gasteiger partial charge in [0, 0.05) is 5.02 Å². The number of carboxylic acids is 1. The second kappa shape index (κ2) is 5.30. The summed E-state index contributed by atoms with van der Waals surface area (Å²) in [6.07, 6.45) is 0.190. The summed E-state index contributed by atoms with van der Waals surface area (Å²) in [5.74, 6) is -1.95. The van der Waals surface area contributed by atoms with E-state index in [1.165, 1.54) is 12.1 Å². The topological polar surface area (TPSA) is 37.3 Å². The highest BCUT2D eigenvalue weighted by molar-refractivity contribution is 6.30. The van der Waals surface area contributed by atoms with E-state index in [2.05, 4.69) is 0 Å². The van der Waals surface area contributed by atoms with Crippen molar-refractivity contribution >= 4 is 17.6 Å². The predicted molar refractivity (Wildman–Crippen MR) is 61.1 cm³/mol. The molecule has 0 heterocycles. The number of aliphatic carboxylic acids is 1. The maximum Gasteiger partial charge on any atom is 0.307 e. The SMILES string of the molecule is CC(C)C(Cc1ccc(Cl)cc1F)C(=O)O. The number of rotatable bonds is 4. The molecule has 4 heteroatoms. The first-order chi connectivity index (χ1) is 7.41. The molecule has 1 atom stereocenters. The van der Waals surface area contributed by atoms with Crippen LogP contribution in [-0.4, -0.2) is 11.1 Å². The molecule has 88 valence electrons. The molecule has 0 saturated carbocycles. The maximum atomic E-state index is 13.5. The molecule has 0 aliphatic heterocycles. The van der Waals surface area contributed by atoms with Gasteiger partial charge in [0.15, 0.2) is 0 Å². The summed E-state index contributed by atoms with van der Waals surface area (Å²) >= 11 is 5.62. The molecule has 0 bridgehead atoms. The molecule has 0 amide bonds. The fourth-order valence-corrected chi connectivity index (χ4v) is 1.69. The van der Waals surface area contributed by atoms with Crippen LogP contribution in [0.5, 0.6) is 0 Å². The lowest BCUT2D eigenvalue weighted by atomic mass is 9.89. The fourth-order valence-electron chi connectivity index (χ4n) is 1.53. The maximum absolute atomic E-state index is 13.5. The van der Waals surface area contributed by atoms with Crippen molar-refractivity contribution in [3.8, 4) is 0 Å². The third kappa shape index (κ3) is 3.20. The first kappa shape index (κ1) is 13.0. The molecule has 0 aromatic heterocycles. The van der Waals surface area contributed by atoms with Crippen molar-refractivity contribution < 1.29 is 14.3 Å². The second-order valence-electron chi connectivity index (χ2n) is 4.13. The summed E-state index contributed by atoms with van der Waals surface area (Å²) in [4.78, 5) is 11.0. The van der Waals surface area contributed by atoms with E-state index >= 15 is 0 Å². The Bertz CT molecular complexity index is 391. The molecule has 0 fully saturated rings. The molecule has 0 spiro atoms. The Hall–Kier alpha value is -1.09. The Labute approximate surface area is 99.0 Å². The fraction of sp³-hybridized carbons (Fsp3) is 0.417. The van der Waals surface area contributed by atoms with E-state index in [-0.39, 0.29) is 12.3 Å². The van der Waals surface area contributed by atoms with E-state index in [1.807, 2.05) is 13.8 Å². The minimum Gasteiger partial charge on any atom is -0.481 e. The average molecular weight is 245 g/mol. The van der Waals surface area contributed by atoms with Crippen LogP contribution in [-0.2, 0) is 11.2 Å². The highest BCUT2D eigenvalue weighted by Gasteiger charge is 2.23. The first-order valence-corrected chi connectivity index (χ1v) is 5.46. The second-order valence-corrected chi connectivity index (χ2v) is 4.57. The minimum atomic E-state index is -0.899. The molecule has 1 N–H and O–H groups in total. The van der Waals surface area contributed by atoms with Crippen LogP contribution in [0.4, 0.5) is 4.39 Å². The van der Waals surface area contributed by atoms with Gasteiger partial charge in [-0.3, -0.25) is 4.79 Å². The van der Waals surface area contributed by atoms with E-state index in [0.717, 1.165) is 0 Å². The predicted octanol–water partition coefficient (Wildman–Crippen LogP) is 3.38. The monoisotopic (exact) mass is 244 g/mol. The van der Waals surface area contributed by atoms with Gasteiger partial charge in [-0.15, -0.1) is 0 Å². The Morgan fingerprint density at radius 2 is 2.12 bits per heavy atom. The van der Waals surface area contributed by atoms with Crippen LogP contribution in [0.2, 0.25) is 5.02 Å². The van der Waals surface area contributed by atoms with Gasteiger partial charge in [0.1, 0.15) is 5.82 Å². The van der Waals surface area contributed by atoms with Crippen LogP contribution < -0.4 is 0 Å². The molecule has 1 aromatic rings. The molecule has 1 rings (SSSR count). The van der Waals surface area contributed by atoms with Gasteiger partial charge in [0.2, 0.25) is 0 Å². The van der Waals surface area contributed by atoms with Crippen molar-refractivity contribution in [2.45, 2.75) is 20.3 Å². The molecule has 0 aliphatic carbocycles. The number of benzene rings is 1. The smallest absolute Gasteiger partial charge is 0.307 e. The van der Waals surface area contributed by atoms with E-state index in [9.17, 15) is 9.18 Å². The van der Waals surface area contributed by atoms with Gasteiger partial charge < -0.3 is 5.11 Å². The summed E-state index contributed by atoms with van der Waals surface area (Å²) < 4.78 is 13.5. The first-order valence-electron chi connectivity index (χ1n) is 5.08. The van der Waals surface area contributed by atoms with Crippen LogP contribution in [0.3, 0.4) is 0 Å². The third-order valence-corrected chi connectivity index (χ3v) is 2.81. The lowest BCUT2D eigenvalue weighted by molar-refractivity contribution is -0.143. The van der Waals surface area contributed by atoms with Crippen LogP contribution >= 0.6 is 11.6 Å². The van der Waals surface area contributed by atoms with Crippen LogP contribution in [0, 0.1) is 17.7 Å². The number of halogens is 2. The van der Waals surface area contributed by atoms with Crippen molar-refractivity contribution in [3.63, 3.8) is 0 Å². The Morgan fingerprint density at radius 1 is 1.50 bits per heavy atom. The quantitative estimate of drug-likeness (QED) is 0.882. The van der Waals surface area contributed by atoms with Gasteiger partial charge in [-0.1, -0.05) is 31.5 Å². The number of hydrogen-bond acceptors (Lipinski definition) is 1. The van der Waals surface area contributed by atoms with Crippen molar-refractivity contribution in [2.75, 3.05) is 0 Å². The normalized spacial score (nSPS) is 12.8. The van der Waals surface area contributed by atoms with Crippen molar-refractivity contribution in [1.82, 2.24) is 0 Å². The van der Waals surface area contributed by atoms with Gasteiger partial charge in [-0.05, 0) is 30.0 Å². The molecule has 0 saturated heterocycles. The van der Waals surface area contributed by atoms with Crippen LogP contribution in [0.15, 0.2) is 18.2 Å². The van der Waals surface area contributed by atoms with E-state index in [0.29, 0.717) is 10.6 Å². The highest BCUT2D eigenvalue weighted by atomic mass is 35.5. The van der Waals surface area contributed by atoms with E-state index < -0.39 is 17.7 Å². The number of carboxylic acid groups (broad SMARTS) is 1. The minimum absolute atomic E-state index is 0.0346. The van der Waals surface area contributed by atoms with Crippen molar-refractivity contribution in [2.24, 2.45) is 11.8 Å². The summed E-state index contributed by atoms with van der Waals surface area (Å²) in [6.45, 7) is 3.62. The van der Waals surface area contributed by atoms with Gasteiger partial charge in [-0.25, -0.2) is 4.39 Å². The van der Waals surface area contributed by atoms with Gasteiger partial charge in [0.25, 0.3) is 0 Å². The standard InChI is InChI=1S/C12H14ClFO2/c1-7(2)10(12(15)16)5-8-3-4-9(13)6-11(8)14/h3-4,6-7,10H,5H2,1-2H3,(H,15,16). The Balaban J connectivity index is 2.90. The molecule has 16 heavy (non-hydrogen) atoms. The van der Waals surface area contributed by atoms with Gasteiger partial charge in [0.05, 0.1) is 5.92 Å². The molecular weight excluding hydrogens is 231 g/mol. The lowest BCUT2D eigenvalue weighted by Gasteiger charge is -2.16. The van der Waals surface area contributed by atoms with E-state index in [4.69, 9.17) is 16.7 Å². The summed E-state index contributed by atoms with van der Waals surface area (Å²) in [5, 5.41) is 9.32. The van der Waals surface area contributed by atoms with Crippen molar-refractivity contribution in [3.05, 3.63) is 34.6 Å². The summed E-state index contributed by atoms with van der Waals surface area (Å²) in [6, 6.07) is 4.31. The molecule has 0 aliphatic rings. The van der Waals surface area contributed by atoms with Crippen LogP contribution in [0.25, 0.3) is 0 Å². The zero-order chi connectivity index (χ0) is 12.3. The average Bonchev–Trinajstić information content (AvgIpc) is 2.15. The largest absolute Gasteiger partial charge is 0.481 e. The number of hydrogen-bond donors (Lipinski definition) is 1. The van der Waals surface area contributed by atoms with Gasteiger partial charge >= 0.3 is 5.97 Å². The molecule has 0 radical (unpaired) electrons. The van der Waals surface area contributed by atoms with Gasteiger partial charge in [-0.2, -0.15) is 0 Å². The zero-order valence-electron chi connectivity index (χ0n) is 9.21. The summed E-state index contributed by atoms with van der Waals surface area (Å²) in [5.41, 5.74) is 0.394. The molecule has 2 nitrogen and oxygen atoms in total. The third-order valence-electron chi connectivity index (χ3n) is 2.58. The lowest BCUT2D eigenvalue weighted by Crippen LogP contribution is -2.22. The molecular formula is C12H14ClFO2. The summed E-state index contributed by atoms with van der Waals surface area (Å²) in [7, 11) is 0. The Morgan fingerprint density at radius 3 is 2.56 bits per heavy atom. The molecule has 1 aromatic carbocycles. The zero-order valence-corrected chi connectivity index (χ0v) is 9.96. The van der Waals surface area contributed by atoms with Crippen molar-refractivity contribution in [1.29, 1.82) is 0 Å².